The standard InChI is InChI=1S/C18H17N3O2S2/c1-23-16-10-6-5-9-14(16)15(22)12-24-18-21-20-17(25-18)19-11-13-7-3-2-4-8-13/h2-10H,11-12H2,1H3,(H,19,20). The first-order valence-corrected chi connectivity index (χ1v) is 9.47. The van der Waals surface area contributed by atoms with Crippen LogP contribution >= 0.6 is 23.1 Å². The average molecular weight is 371 g/mol. The van der Waals surface area contributed by atoms with Gasteiger partial charge in [-0.15, -0.1) is 10.2 Å². The van der Waals surface area contributed by atoms with Gasteiger partial charge in [-0.2, -0.15) is 0 Å². The summed E-state index contributed by atoms with van der Waals surface area (Å²) in [5, 5.41) is 12.2. The summed E-state index contributed by atoms with van der Waals surface area (Å²) in [7, 11) is 1.56. The van der Waals surface area contributed by atoms with E-state index in [0.29, 0.717) is 23.6 Å². The van der Waals surface area contributed by atoms with Gasteiger partial charge < -0.3 is 10.1 Å². The summed E-state index contributed by atoms with van der Waals surface area (Å²) in [5.41, 5.74) is 1.77. The Hall–Kier alpha value is -2.38. The molecule has 1 aromatic heterocycles. The quantitative estimate of drug-likeness (QED) is 0.474. The Morgan fingerprint density at radius 2 is 1.88 bits per heavy atom. The largest absolute Gasteiger partial charge is 0.496 e. The molecule has 0 fully saturated rings. The van der Waals surface area contributed by atoms with Crippen molar-refractivity contribution in [2.24, 2.45) is 0 Å². The molecule has 0 bridgehead atoms. The van der Waals surface area contributed by atoms with Crippen LogP contribution < -0.4 is 10.1 Å². The Morgan fingerprint density at radius 1 is 1.12 bits per heavy atom. The number of ketones is 1. The van der Waals surface area contributed by atoms with Crippen molar-refractivity contribution in [1.82, 2.24) is 10.2 Å². The molecule has 0 saturated heterocycles. The van der Waals surface area contributed by atoms with Crippen LogP contribution in [0.2, 0.25) is 0 Å². The molecule has 2 aromatic carbocycles. The van der Waals surface area contributed by atoms with Gasteiger partial charge in [0.2, 0.25) is 5.13 Å². The third kappa shape index (κ3) is 4.80. The minimum Gasteiger partial charge on any atom is -0.496 e. The van der Waals surface area contributed by atoms with E-state index in [1.807, 2.05) is 30.3 Å². The molecule has 25 heavy (non-hydrogen) atoms. The topological polar surface area (TPSA) is 64.1 Å². The third-order valence-electron chi connectivity index (χ3n) is 3.43. The monoisotopic (exact) mass is 371 g/mol. The molecule has 7 heteroatoms. The maximum absolute atomic E-state index is 12.4. The minimum atomic E-state index is 0.0106. The number of anilines is 1. The van der Waals surface area contributed by atoms with Crippen molar-refractivity contribution in [3.63, 3.8) is 0 Å². The van der Waals surface area contributed by atoms with Gasteiger partial charge in [-0.05, 0) is 17.7 Å². The number of rotatable bonds is 8. The first kappa shape index (κ1) is 17.4. The molecule has 128 valence electrons. The molecular formula is C18H17N3O2S2. The summed E-state index contributed by atoms with van der Waals surface area (Å²) in [6, 6.07) is 17.3. The van der Waals surface area contributed by atoms with Crippen LogP contribution in [0.25, 0.3) is 0 Å². The Labute approximate surface area is 154 Å². The fourth-order valence-electron chi connectivity index (χ4n) is 2.19. The summed E-state index contributed by atoms with van der Waals surface area (Å²) < 4.78 is 5.99. The first-order chi connectivity index (χ1) is 12.3. The highest BCUT2D eigenvalue weighted by atomic mass is 32.2. The molecule has 1 heterocycles. The maximum atomic E-state index is 12.4. The van der Waals surface area contributed by atoms with Gasteiger partial charge in [0.05, 0.1) is 18.4 Å². The smallest absolute Gasteiger partial charge is 0.206 e. The van der Waals surface area contributed by atoms with Gasteiger partial charge in [-0.3, -0.25) is 4.79 Å². The van der Waals surface area contributed by atoms with Crippen molar-refractivity contribution >= 4 is 34.0 Å². The molecule has 0 atom stereocenters. The zero-order valence-electron chi connectivity index (χ0n) is 13.6. The zero-order chi connectivity index (χ0) is 17.5. The molecular weight excluding hydrogens is 354 g/mol. The van der Waals surface area contributed by atoms with Crippen LogP contribution in [-0.2, 0) is 6.54 Å². The molecule has 0 amide bonds. The highest BCUT2D eigenvalue weighted by Crippen LogP contribution is 2.27. The number of benzene rings is 2. The Morgan fingerprint density at radius 3 is 2.68 bits per heavy atom. The van der Waals surface area contributed by atoms with Crippen LogP contribution in [0.3, 0.4) is 0 Å². The van der Waals surface area contributed by atoms with Crippen LogP contribution in [0.15, 0.2) is 58.9 Å². The van der Waals surface area contributed by atoms with Gasteiger partial charge in [0.15, 0.2) is 10.1 Å². The van der Waals surface area contributed by atoms with Crippen molar-refractivity contribution in [2.45, 2.75) is 10.9 Å². The fraction of sp³-hybridized carbons (Fsp3) is 0.167. The number of hydrogen-bond donors (Lipinski definition) is 1. The summed E-state index contributed by atoms with van der Waals surface area (Å²) in [6.45, 7) is 0.695. The Bertz CT molecular complexity index is 837. The first-order valence-electron chi connectivity index (χ1n) is 7.66. The number of ether oxygens (including phenoxy) is 1. The van der Waals surface area contributed by atoms with E-state index in [-0.39, 0.29) is 5.78 Å². The van der Waals surface area contributed by atoms with Crippen LogP contribution in [0, 0.1) is 0 Å². The lowest BCUT2D eigenvalue weighted by atomic mass is 10.1. The Balaban J connectivity index is 1.54. The van der Waals surface area contributed by atoms with Crippen LogP contribution in [0.5, 0.6) is 5.75 Å². The number of para-hydroxylation sites is 1. The molecule has 3 aromatic rings. The fourth-order valence-corrected chi connectivity index (χ4v) is 3.82. The summed E-state index contributed by atoms with van der Waals surface area (Å²) in [6.07, 6.45) is 0. The van der Waals surface area contributed by atoms with Gasteiger partial charge in [0.1, 0.15) is 5.75 Å². The predicted molar refractivity (Wildman–Crippen MR) is 102 cm³/mol. The molecule has 1 N–H and O–H groups in total. The van der Waals surface area contributed by atoms with E-state index in [9.17, 15) is 4.79 Å². The molecule has 5 nitrogen and oxygen atoms in total. The highest BCUT2D eigenvalue weighted by molar-refractivity contribution is 8.01. The molecule has 0 spiro atoms. The van der Waals surface area contributed by atoms with Crippen molar-refractivity contribution < 1.29 is 9.53 Å². The van der Waals surface area contributed by atoms with Gasteiger partial charge in [-0.1, -0.05) is 65.6 Å². The number of hydrogen-bond acceptors (Lipinski definition) is 7. The number of carbonyl (C=O) groups excluding carboxylic acids is 1. The number of nitrogens with zero attached hydrogens (tertiary/aromatic N) is 2. The second-order valence-electron chi connectivity index (χ2n) is 5.12. The van der Waals surface area contributed by atoms with Gasteiger partial charge in [-0.25, -0.2) is 0 Å². The number of nitrogens with one attached hydrogen (secondary N) is 1. The zero-order valence-corrected chi connectivity index (χ0v) is 15.3. The van der Waals surface area contributed by atoms with E-state index in [1.165, 1.54) is 28.7 Å². The minimum absolute atomic E-state index is 0.0106. The van der Waals surface area contributed by atoms with E-state index < -0.39 is 0 Å². The van der Waals surface area contributed by atoms with Gasteiger partial charge in [0.25, 0.3) is 0 Å². The van der Waals surface area contributed by atoms with Crippen molar-refractivity contribution in [2.75, 3.05) is 18.2 Å². The molecule has 0 saturated carbocycles. The van der Waals surface area contributed by atoms with Crippen LogP contribution in [-0.4, -0.2) is 28.8 Å². The lowest BCUT2D eigenvalue weighted by molar-refractivity contribution is 0.101. The van der Waals surface area contributed by atoms with Crippen molar-refractivity contribution in [3.8, 4) is 5.75 Å². The molecule has 0 aliphatic heterocycles. The molecule has 0 aliphatic rings. The van der Waals surface area contributed by atoms with Crippen molar-refractivity contribution in [1.29, 1.82) is 0 Å². The molecule has 0 aliphatic carbocycles. The van der Waals surface area contributed by atoms with Gasteiger partial charge in [0, 0.05) is 6.54 Å². The molecule has 0 radical (unpaired) electrons. The summed E-state index contributed by atoms with van der Waals surface area (Å²) in [4.78, 5) is 12.4. The SMILES string of the molecule is COc1ccccc1C(=O)CSc1nnc(NCc2ccccc2)s1. The van der Waals surface area contributed by atoms with E-state index in [2.05, 4.69) is 27.6 Å². The van der Waals surface area contributed by atoms with Gasteiger partial charge >= 0.3 is 0 Å². The van der Waals surface area contributed by atoms with Crippen molar-refractivity contribution in [3.05, 3.63) is 65.7 Å². The van der Waals surface area contributed by atoms with E-state index in [0.717, 1.165) is 9.47 Å². The van der Waals surface area contributed by atoms with Crippen LogP contribution in [0.1, 0.15) is 15.9 Å². The molecule has 3 rings (SSSR count). The number of thioether (sulfide) groups is 1. The predicted octanol–water partition coefficient (Wildman–Crippen LogP) is 4.13. The summed E-state index contributed by atoms with van der Waals surface area (Å²) >= 11 is 2.83. The molecule has 0 unspecified atom stereocenters. The lowest BCUT2D eigenvalue weighted by Gasteiger charge is -2.05. The van der Waals surface area contributed by atoms with E-state index in [4.69, 9.17) is 4.74 Å². The normalized spacial score (nSPS) is 10.4. The highest BCUT2D eigenvalue weighted by Gasteiger charge is 2.13. The number of carbonyl (C=O) groups is 1. The van der Waals surface area contributed by atoms with E-state index in [1.54, 1.807) is 19.2 Å². The lowest BCUT2D eigenvalue weighted by Crippen LogP contribution is -2.04. The number of Topliss-reactive ketones (excluding diaryl/α,β-unsaturated/α-hetero) is 1. The number of methoxy groups -OCH3 is 1. The average Bonchev–Trinajstić information content (AvgIpc) is 3.13. The van der Waals surface area contributed by atoms with E-state index >= 15 is 0 Å². The maximum Gasteiger partial charge on any atom is 0.206 e. The van der Waals surface area contributed by atoms with Crippen LogP contribution in [0.4, 0.5) is 5.13 Å². The summed E-state index contributed by atoms with van der Waals surface area (Å²) in [5.74, 6) is 0.903. The Kier molecular flexibility index (Phi) is 6.03. The number of aromatic nitrogens is 2. The third-order valence-corrected chi connectivity index (χ3v) is 5.44. The second-order valence-corrected chi connectivity index (χ2v) is 7.32. The second kappa shape index (κ2) is 8.64.